The first-order valence-electron chi connectivity index (χ1n) is 6.99. The molecule has 0 saturated carbocycles. The topological polar surface area (TPSA) is 9.23 Å². The summed E-state index contributed by atoms with van der Waals surface area (Å²) in [6, 6.07) is 0. The number of hydrogen-bond acceptors (Lipinski definition) is 1. The summed E-state index contributed by atoms with van der Waals surface area (Å²) in [6.45, 7) is 14.4. The largest absolute Gasteiger partial charge is 0.388 e. The monoisotopic (exact) mass is 244 g/mol. The first-order chi connectivity index (χ1) is 7.50. The fraction of sp³-hybridized carbons (Fsp3) is 1.00. The minimum absolute atomic E-state index is 0.873. The van der Waals surface area contributed by atoms with Crippen molar-refractivity contribution >= 4 is 8.07 Å². The van der Waals surface area contributed by atoms with Crippen molar-refractivity contribution in [2.75, 3.05) is 13.3 Å². The third-order valence-corrected chi connectivity index (χ3v) is 12.5. The highest BCUT2D eigenvalue weighted by Crippen LogP contribution is 2.46. The Morgan fingerprint density at radius 2 is 1.12 bits per heavy atom. The molecule has 1 nitrogen and oxygen atoms in total. The summed E-state index contributed by atoms with van der Waals surface area (Å²) < 4.78 is 5.64. The Balaban J connectivity index is 5.19. The van der Waals surface area contributed by atoms with Gasteiger partial charge in [0.25, 0.3) is 0 Å². The predicted octanol–water partition coefficient (Wildman–Crippen LogP) is 5.02. The Bertz CT molecular complexity index is 155. The fourth-order valence-electron chi connectivity index (χ4n) is 3.27. The molecule has 0 aromatic heterocycles. The molecule has 16 heavy (non-hydrogen) atoms. The van der Waals surface area contributed by atoms with Gasteiger partial charge in [-0.1, -0.05) is 60.8 Å². The maximum Gasteiger partial charge on any atom is 0.0920 e. The van der Waals surface area contributed by atoms with Crippen molar-refractivity contribution in [3.63, 3.8) is 0 Å². The molecular weight excluding hydrogens is 212 g/mol. The molecule has 3 atom stereocenters. The van der Waals surface area contributed by atoms with Crippen LogP contribution in [-0.4, -0.2) is 21.4 Å². The van der Waals surface area contributed by atoms with Gasteiger partial charge in [0.15, 0.2) is 0 Å². The highest BCUT2D eigenvalue weighted by Gasteiger charge is 2.45. The first kappa shape index (κ1) is 16.2. The summed E-state index contributed by atoms with van der Waals surface area (Å²) in [5.41, 5.74) is 2.62. The second-order valence-electron chi connectivity index (χ2n) is 5.47. The second kappa shape index (κ2) is 7.49. The van der Waals surface area contributed by atoms with Crippen LogP contribution in [0.2, 0.25) is 16.6 Å². The molecule has 0 rings (SSSR count). The Morgan fingerprint density at radius 1 is 0.812 bits per heavy atom. The van der Waals surface area contributed by atoms with Crippen molar-refractivity contribution < 1.29 is 4.74 Å². The van der Waals surface area contributed by atoms with Crippen molar-refractivity contribution in [1.29, 1.82) is 0 Å². The van der Waals surface area contributed by atoms with E-state index in [2.05, 4.69) is 41.5 Å². The number of methoxy groups -OCH3 is 1. The third kappa shape index (κ3) is 3.10. The van der Waals surface area contributed by atoms with E-state index in [1.807, 2.05) is 7.11 Å². The highest BCUT2D eigenvalue weighted by molar-refractivity contribution is 6.83. The van der Waals surface area contributed by atoms with Crippen LogP contribution in [0.1, 0.15) is 60.8 Å². The Hall–Kier alpha value is 0.177. The molecule has 98 valence electrons. The molecule has 3 unspecified atom stereocenters. The molecule has 0 aliphatic rings. The van der Waals surface area contributed by atoms with Crippen LogP contribution in [-0.2, 0) is 4.74 Å². The standard InChI is InChI=1S/C14H32OSi/c1-8-12(4)16(11-15-7,13(5)9-2)14(6)10-3/h12-14H,8-11H2,1-7H3. The fourth-order valence-corrected chi connectivity index (χ4v) is 9.82. The molecule has 0 aliphatic heterocycles. The van der Waals surface area contributed by atoms with Gasteiger partial charge in [-0.2, -0.15) is 0 Å². The molecule has 0 saturated heterocycles. The van der Waals surface area contributed by atoms with Gasteiger partial charge in [0.2, 0.25) is 0 Å². The van der Waals surface area contributed by atoms with E-state index in [4.69, 9.17) is 4.74 Å². The molecule has 0 spiro atoms. The lowest BCUT2D eigenvalue weighted by Crippen LogP contribution is -2.51. The van der Waals surface area contributed by atoms with Crippen LogP contribution in [0, 0.1) is 0 Å². The minimum Gasteiger partial charge on any atom is -0.388 e. The summed E-state index contributed by atoms with van der Waals surface area (Å²) in [6.07, 6.45) is 4.98. The van der Waals surface area contributed by atoms with Crippen molar-refractivity contribution in [3.8, 4) is 0 Å². The predicted molar refractivity (Wildman–Crippen MR) is 76.8 cm³/mol. The van der Waals surface area contributed by atoms with E-state index in [-0.39, 0.29) is 0 Å². The van der Waals surface area contributed by atoms with E-state index in [1.165, 1.54) is 19.3 Å². The molecule has 0 radical (unpaired) electrons. The van der Waals surface area contributed by atoms with Gasteiger partial charge >= 0.3 is 0 Å². The lowest BCUT2D eigenvalue weighted by atomic mass is 10.3. The van der Waals surface area contributed by atoms with Gasteiger partial charge < -0.3 is 4.74 Å². The van der Waals surface area contributed by atoms with E-state index in [0.29, 0.717) is 0 Å². The maximum atomic E-state index is 5.64. The molecule has 0 aromatic carbocycles. The average molecular weight is 244 g/mol. The van der Waals surface area contributed by atoms with E-state index < -0.39 is 8.07 Å². The zero-order chi connectivity index (χ0) is 12.8. The van der Waals surface area contributed by atoms with Crippen LogP contribution in [0.3, 0.4) is 0 Å². The van der Waals surface area contributed by atoms with Gasteiger partial charge in [0.05, 0.1) is 8.07 Å². The summed E-state index contributed by atoms with van der Waals surface area (Å²) in [5, 5.41) is 0. The zero-order valence-electron chi connectivity index (χ0n) is 12.5. The molecule has 0 heterocycles. The molecule has 0 aromatic rings. The van der Waals surface area contributed by atoms with Gasteiger partial charge in [-0.15, -0.1) is 0 Å². The maximum absolute atomic E-state index is 5.64. The molecule has 0 fully saturated rings. The van der Waals surface area contributed by atoms with Gasteiger partial charge in [0, 0.05) is 13.3 Å². The van der Waals surface area contributed by atoms with Crippen LogP contribution in [0.15, 0.2) is 0 Å². The lowest BCUT2D eigenvalue weighted by Gasteiger charge is -2.45. The summed E-state index contributed by atoms with van der Waals surface area (Å²) in [7, 11) is 0.556. The van der Waals surface area contributed by atoms with Crippen molar-refractivity contribution in [3.05, 3.63) is 0 Å². The van der Waals surface area contributed by atoms with Crippen LogP contribution in [0.4, 0.5) is 0 Å². The van der Waals surface area contributed by atoms with Crippen LogP contribution in [0.5, 0.6) is 0 Å². The van der Waals surface area contributed by atoms with Crippen molar-refractivity contribution in [1.82, 2.24) is 0 Å². The summed E-state index contributed by atoms with van der Waals surface area (Å²) in [4.78, 5) is 0. The van der Waals surface area contributed by atoms with E-state index >= 15 is 0 Å². The third-order valence-electron chi connectivity index (χ3n) is 4.98. The molecule has 0 N–H and O–H groups in total. The van der Waals surface area contributed by atoms with Crippen molar-refractivity contribution in [2.24, 2.45) is 0 Å². The van der Waals surface area contributed by atoms with Gasteiger partial charge in [-0.3, -0.25) is 0 Å². The van der Waals surface area contributed by atoms with Crippen LogP contribution >= 0.6 is 0 Å². The van der Waals surface area contributed by atoms with Crippen LogP contribution in [0.25, 0.3) is 0 Å². The Kier molecular flexibility index (Phi) is 7.58. The molecule has 0 aliphatic carbocycles. The van der Waals surface area contributed by atoms with E-state index in [9.17, 15) is 0 Å². The molecule has 0 bridgehead atoms. The Labute approximate surface area is 104 Å². The summed E-state index contributed by atoms with van der Waals surface area (Å²) in [5.74, 6) is 0. The van der Waals surface area contributed by atoms with Gasteiger partial charge in [-0.05, 0) is 16.6 Å². The van der Waals surface area contributed by atoms with Crippen LogP contribution < -0.4 is 0 Å². The Morgan fingerprint density at radius 3 is 1.31 bits per heavy atom. The lowest BCUT2D eigenvalue weighted by molar-refractivity contribution is 0.239. The quantitative estimate of drug-likeness (QED) is 0.545. The second-order valence-corrected chi connectivity index (χ2v) is 10.9. The van der Waals surface area contributed by atoms with Gasteiger partial charge in [-0.25, -0.2) is 0 Å². The number of hydrogen-bond donors (Lipinski definition) is 0. The smallest absolute Gasteiger partial charge is 0.0920 e. The first-order valence-corrected chi connectivity index (χ1v) is 9.43. The van der Waals surface area contributed by atoms with Gasteiger partial charge in [0.1, 0.15) is 0 Å². The SMILES string of the molecule is CCC(C)[Si](COC)(C(C)CC)C(C)CC. The molecule has 2 heteroatoms. The molecule has 0 amide bonds. The van der Waals surface area contributed by atoms with Crippen molar-refractivity contribution in [2.45, 2.75) is 77.4 Å². The average Bonchev–Trinajstić information content (AvgIpc) is 2.32. The molecular formula is C14H32OSi. The minimum atomic E-state index is -1.33. The van der Waals surface area contributed by atoms with E-state index in [1.54, 1.807) is 0 Å². The number of rotatable bonds is 8. The van der Waals surface area contributed by atoms with E-state index in [0.717, 1.165) is 22.9 Å². The summed E-state index contributed by atoms with van der Waals surface area (Å²) >= 11 is 0. The highest BCUT2D eigenvalue weighted by atomic mass is 28.3. The normalized spacial score (nSPS) is 21.2. The number of ether oxygens (including phenoxy) is 1. The zero-order valence-corrected chi connectivity index (χ0v) is 13.5.